The fourth-order valence-electron chi connectivity index (χ4n) is 1.18. The molecule has 0 radical (unpaired) electrons. The Morgan fingerprint density at radius 2 is 2.29 bits per heavy atom. The molecule has 0 heterocycles. The first-order valence-electron chi connectivity index (χ1n) is 4.19. The van der Waals surface area contributed by atoms with Crippen molar-refractivity contribution in [2.45, 2.75) is 19.4 Å². The molecule has 4 nitrogen and oxygen atoms in total. The number of nitrogens with zero attached hydrogens (tertiary/aromatic N) is 1. The van der Waals surface area contributed by atoms with Crippen LogP contribution in [0, 0.1) is 15.9 Å². The standard InChI is InChI=1S/C9H11FN2O2/c1-6(11)4-7-5-8(12(13)14)2-3-9(7)10/h2-3,5-6H,4,11H2,1H3/t6-/m1/s1. The van der Waals surface area contributed by atoms with Gasteiger partial charge in [0, 0.05) is 18.2 Å². The summed E-state index contributed by atoms with van der Waals surface area (Å²) in [5.74, 6) is -0.451. The quantitative estimate of drug-likeness (QED) is 0.592. The van der Waals surface area contributed by atoms with Crippen molar-refractivity contribution in [1.29, 1.82) is 0 Å². The summed E-state index contributed by atoms with van der Waals surface area (Å²) >= 11 is 0. The van der Waals surface area contributed by atoms with Crippen LogP contribution < -0.4 is 5.73 Å². The fourth-order valence-corrected chi connectivity index (χ4v) is 1.18. The lowest BCUT2D eigenvalue weighted by molar-refractivity contribution is -0.385. The number of hydrogen-bond donors (Lipinski definition) is 1. The third-order valence-corrected chi connectivity index (χ3v) is 1.78. The zero-order valence-corrected chi connectivity index (χ0v) is 7.74. The fraction of sp³-hybridized carbons (Fsp3) is 0.333. The Morgan fingerprint density at radius 1 is 1.64 bits per heavy atom. The van der Waals surface area contributed by atoms with Gasteiger partial charge in [-0.05, 0) is 25.0 Å². The highest BCUT2D eigenvalue weighted by Gasteiger charge is 2.11. The summed E-state index contributed by atoms with van der Waals surface area (Å²) in [5, 5.41) is 10.4. The van der Waals surface area contributed by atoms with Crippen molar-refractivity contribution in [2.75, 3.05) is 0 Å². The third-order valence-electron chi connectivity index (χ3n) is 1.78. The number of halogens is 1. The minimum absolute atomic E-state index is 0.109. The summed E-state index contributed by atoms with van der Waals surface area (Å²) in [5.41, 5.74) is 5.66. The highest BCUT2D eigenvalue weighted by atomic mass is 19.1. The Bertz CT molecular complexity index is 353. The summed E-state index contributed by atoms with van der Waals surface area (Å²) < 4.78 is 13.1. The largest absolute Gasteiger partial charge is 0.328 e. The second-order valence-corrected chi connectivity index (χ2v) is 3.21. The van der Waals surface area contributed by atoms with E-state index in [1.165, 1.54) is 6.07 Å². The molecule has 0 aromatic heterocycles. The average molecular weight is 198 g/mol. The van der Waals surface area contributed by atoms with E-state index in [2.05, 4.69) is 0 Å². The van der Waals surface area contributed by atoms with Crippen LogP contribution in [0.1, 0.15) is 12.5 Å². The minimum atomic E-state index is -0.551. The molecular formula is C9H11FN2O2. The maximum atomic E-state index is 13.1. The first-order chi connectivity index (χ1) is 6.50. The van der Waals surface area contributed by atoms with E-state index in [4.69, 9.17) is 5.73 Å². The van der Waals surface area contributed by atoms with Crippen molar-refractivity contribution in [3.63, 3.8) is 0 Å². The van der Waals surface area contributed by atoms with Crippen LogP contribution in [0.25, 0.3) is 0 Å². The molecule has 0 fully saturated rings. The maximum Gasteiger partial charge on any atom is 0.269 e. The predicted octanol–water partition coefficient (Wildman–Crippen LogP) is 1.62. The minimum Gasteiger partial charge on any atom is -0.328 e. The first kappa shape index (κ1) is 10.6. The first-order valence-corrected chi connectivity index (χ1v) is 4.19. The van der Waals surface area contributed by atoms with E-state index >= 15 is 0 Å². The second kappa shape index (κ2) is 4.15. The van der Waals surface area contributed by atoms with E-state index in [-0.39, 0.29) is 17.3 Å². The Morgan fingerprint density at radius 3 is 2.79 bits per heavy atom. The number of nitro benzene ring substituents is 1. The molecule has 0 unspecified atom stereocenters. The van der Waals surface area contributed by atoms with Gasteiger partial charge in [-0.2, -0.15) is 0 Å². The van der Waals surface area contributed by atoms with Gasteiger partial charge in [0.2, 0.25) is 0 Å². The summed E-state index contributed by atoms with van der Waals surface area (Å²) in [6.07, 6.45) is 0.299. The van der Waals surface area contributed by atoms with Crippen LogP contribution >= 0.6 is 0 Å². The van der Waals surface area contributed by atoms with Crippen molar-refractivity contribution in [3.05, 3.63) is 39.7 Å². The van der Waals surface area contributed by atoms with Gasteiger partial charge < -0.3 is 5.73 Å². The number of benzene rings is 1. The molecule has 0 amide bonds. The molecule has 0 spiro atoms. The molecule has 0 bridgehead atoms. The van der Waals surface area contributed by atoms with E-state index in [1.807, 2.05) is 0 Å². The molecule has 5 heteroatoms. The normalized spacial score (nSPS) is 12.5. The van der Waals surface area contributed by atoms with E-state index in [0.717, 1.165) is 12.1 Å². The summed E-state index contributed by atoms with van der Waals surface area (Å²) in [7, 11) is 0. The highest BCUT2D eigenvalue weighted by Crippen LogP contribution is 2.17. The molecule has 1 atom stereocenters. The van der Waals surface area contributed by atoms with Crippen molar-refractivity contribution in [2.24, 2.45) is 5.73 Å². The SMILES string of the molecule is C[C@@H](N)Cc1cc([N+](=O)[O-])ccc1F. The summed E-state index contributed by atoms with van der Waals surface area (Å²) in [4.78, 5) is 9.85. The Hall–Kier alpha value is -1.49. The molecule has 14 heavy (non-hydrogen) atoms. The lowest BCUT2D eigenvalue weighted by atomic mass is 10.1. The van der Waals surface area contributed by atoms with Crippen molar-refractivity contribution in [1.82, 2.24) is 0 Å². The van der Waals surface area contributed by atoms with Gasteiger partial charge in [0.1, 0.15) is 5.82 Å². The smallest absolute Gasteiger partial charge is 0.269 e. The van der Waals surface area contributed by atoms with Crippen LogP contribution in [0.15, 0.2) is 18.2 Å². The number of hydrogen-bond acceptors (Lipinski definition) is 3. The molecule has 1 aromatic carbocycles. The lowest BCUT2D eigenvalue weighted by Crippen LogP contribution is -2.18. The Kier molecular flexibility index (Phi) is 3.14. The van der Waals surface area contributed by atoms with Crippen LogP contribution in [0.4, 0.5) is 10.1 Å². The lowest BCUT2D eigenvalue weighted by Gasteiger charge is -2.05. The maximum absolute atomic E-state index is 13.1. The number of rotatable bonds is 3. The molecule has 0 aliphatic carbocycles. The molecule has 0 saturated heterocycles. The second-order valence-electron chi connectivity index (χ2n) is 3.21. The zero-order valence-electron chi connectivity index (χ0n) is 7.74. The monoisotopic (exact) mass is 198 g/mol. The van der Waals surface area contributed by atoms with E-state index in [0.29, 0.717) is 6.42 Å². The van der Waals surface area contributed by atoms with Gasteiger partial charge in [-0.25, -0.2) is 4.39 Å². The van der Waals surface area contributed by atoms with Gasteiger partial charge in [0.15, 0.2) is 0 Å². The molecule has 76 valence electrons. The van der Waals surface area contributed by atoms with Crippen molar-refractivity contribution < 1.29 is 9.31 Å². The van der Waals surface area contributed by atoms with Crippen LogP contribution in [0.3, 0.4) is 0 Å². The topological polar surface area (TPSA) is 69.2 Å². The van der Waals surface area contributed by atoms with Gasteiger partial charge in [-0.1, -0.05) is 0 Å². The molecule has 0 aliphatic heterocycles. The van der Waals surface area contributed by atoms with E-state index < -0.39 is 10.7 Å². The average Bonchev–Trinajstić information content (AvgIpc) is 2.07. The van der Waals surface area contributed by atoms with Gasteiger partial charge in [-0.3, -0.25) is 10.1 Å². The van der Waals surface area contributed by atoms with Gasteiger partial charge in [0.25, 0.3) is 5.69 Å². The molecule has 2 N–H and O–H groups in total. The predicted molar refractivity (Wildman–Crippen MR) is 50.4 cm³/mol. The van der Waals surface area contributed by atoms with Crippen molar-refractivity contribution >= 4 is 5.69 Å². The number of nitro groups is 1. The zero-order chi connectivity index (χ0) is 10.7. The van der Waals surface area contributed by atoms with Crippen LogP contribution in [-0.4, -0.2) is 11.0 Å². The van der Waals surface area contributed by atoms with Gasteiger partial charge >= 0.3 is 0 Å². The Labute approximate surface area is 80.7 Å². The van der Waals surface area contributed by atoms with Crippen LogP contribution in [0.2, 0.25) is 0 Å². The molecule has 0 aliphatic rings. The summed E-state index contributed by atoms with van der Waals surface area (Å²) in [6, 6.07) is 3.24. The van der Waals surface area contributed by atoms with Gasteiger partial charge in [-0.15, -0.1) is 0 Å². The van der Waals surface area contributed by atoms with Crippen molar-refractivity contribution in [3.8, 4) is 0 Å². The molecule has 1 rings (SSSR count). The number of non-ortho nitro benzene ring substituents is 1. The Balaban J connectivity index is 3.02. The molecule has 0 saturated carbocycles. The highest BCUT2D eigenvalue weighted by molar-refractivity contribution is 5.35. The summed E-state index contributed by atoms with van der Waals surface area (Å²) in [6.45, 7) is 1.72. The van der Waals surface area contributed by atoms with Crippen LogP contribution in [-0.2, 0) is 6.42 Å². The van der Waals surface area contributed by atoms with Crippen LogP contribution in [0.5, 0.6) is 0 Å². The van der Waals surface area contributed by atoms with E-state index in [1.54, 1.807) is 6.92 Å². The third kappa shape index (κ3) is 2.50. The molecular weight excluding hydrogens is 187 g/mol. The van der Waals surface area contributed by atoms with Gasteiger partial charge in [0.05, 0.1) is 4.92 Å². The number of nitrogens with two attached hydrogens (primary N) is 1. The molecule has 1 aromatic rings. The van der Waals surface area contributed by atoms with E-state index in [9.17, 15) is 14.5 Å².